The highest BCUT2D eigenvalue weighted by Crippen LogP contribution is 2.05. The zero-order chi connectivity index (χ0) is 14.4. The van der Waals surface area contributed by atoms with E-state index >= 15 is 0 Å². The minimum Gasteiger partial charge on any atom is -0.324 e. The summed E-state index contributed by atoms with van der Waals surface area (Å²) >= 11 is 0. The van der Waals surface area contributed by atoms with Crippen LogP contribution in [-0.4, -0.2) is 26.9 Å². The van der Waals surface area contributed by atoms with E-state index in [1.807, 2.05) is 30.3 Å². The monoisotopic (exact) mass is 273 g/mol. The van der Waals surface area contributed by atoms with Gasteiger partial charge in [-0.25, -0.2) is 4.68 Å². The third-order valence-electron chi connectivity index (χ3n) is 2.64. The van der Waals surface area contributed by atoms with Crippen molar-refractivity contribution < 1.29 is 4.79 Å². The molecular weight excluding hydrogens is 254 g/mol. The number of benzene rings is 1. The molecule has 2 N–H and O–H groups in total. The van der Waals surface area contributed by atoms with E-state index in [9.17, 15) is 4.79 Å². The lowest BCUT2D eigenvalue weighted by Crippen LogP contribution is -2.22. The van der Waals surface area contributed by atoms with Gasteiger partial charge in [-0.1, -0.05) is 37.3 Å². The van der Waals surface area contributed by atoms with Crippen molar-refractivity contribution in [3.8, 4) is 0 Å². The average Bonchev–Trinajstić information content (AvgIpc) is 2.85. The van der Waals surface area contributed by atoms with Gasteiger partial charge in [-0.15, -0.1) is 5.10 Å². The zero-order valence-corrected chi connectivity index (χ0v) is 11.7. The van der Waals surface area contributed by atoms with Gasteiger partial charge in [-0.3, -0.25) is 4.79 Å². The Bertz CT molecular complexity index is 550. The molecule has 0 unspecified atom stereocenters. The Morgan fingerprint density at radius 3 is 2.75 bits per heavy atom. The first-order chi connectivity index (χ1) is 9.63. The highest BCUT2D eigenvalue weighted by Gasteiger charge is 2.06. The number of carbonyl (C=O) groups is 1. The summed E-state index contributed by atoms with van der Waals surface area (Å²) in [4.78, 5) is 11.8. The van der Waals surface area contributed by atoms with Crippen molar-refractivity contribution in [3.05, 3.63) is 42.2 Å². The molecule has 2 rings (SSSR count). The average molecular weight is 273 g/mol. The normalized spacial score (nSPS) is 10.8. The van der Waals surface area contributed by atoms with Crippen LogP contribution in [-0.2, 0) is 17.9 Å². The molecule has 0 spiro atoms. The molecule has 6 nitrogen and oxygen atoms in total. The van der Waals surface area contributed by atoms with Crippen LogP contribution in [0.3, 0.4) is 0 Å². The van der Waals surface area contributed by atoms with Crippen LogP contribution in [0.1, 0.15) is 19.5 Å². The summed E-state index contributed by atoms with van der Waals surface area (Å²) in [6, 6.07) is 9.73. The van der Waals surface area contributed by atoms with E-state index < -0.39 is 0 Å². The van der Waals surface area contributed by atoms with Crippen LogP contribution >= 0.6 is 0 Å². The number of para-hydroxylation sites is 1. The fourth-order valence-electron chi connectivity index (χ4n) is 1.67. The van der Waals surface area contributed by atoms with Crippen LogP contribution in [0, 0.1) is 0 Å². The van der Waals surface area contributed by atoms with Crippen molar-refractivity contribution in [2.24, 2.45) is 0 Å². The van der Waals surface area contributed by atoms with Crippen LogP contribution in [0.2, 0.25) is 0 Å². The third-order valence-corrected chi connectivity index (χ3v) is 2.64. The summed E-state index contributed by atoms with van der Waals surface area (Å²) in [5.41, 5.74) is 1.60. The number of anilines is 1. The van der Waals surface area contributed by atoms with Crippen molar-refractivity contribution in [2.75, 3.05) is 5.32 Å². The summed E-state index contributed by atoms with van der Waals surface area (Å²) in [7, 11) is 0. The fraction of sp³-hybridized carbons (Fsp3) is 0.357. The predicted molar refractivity (Wildman–Crippen MR) is 77.1 cm³/mol. The molecular formula is C14H19N5O. The number of hydrogen-bond acceptors (Lipinski definition) is 4. The Balaban J connectivity index is 1.85. The summed E-state index contributed by atoms with van der Waals surface area (Å²) < 4.78 is 1.54. The molecule has 6 heteroatoms. The molecule has 0 aliphatic heterocycles. The SMILES string of the molecule is CC(C)NCc1cn(CC(=O)Nc2ccccc2)nn1. The van der Waals surface area contributed by atoms with Gasteiger partial charge in [0.15, 0.2) is 0 Å². The second-order valence-electron chi connectivity index (χ2n) is 4.86. The highest BCUT2D eigenvalue weighted by atomic mass is 16.2. The second kappa shape index (κ2) is 6.81. The molecule has 2 aromatic rings. The quantitative estimate of drug-likeness (QED) is 0.835. The van der Waals surface area contributed by atoms with E-state index in [-0.39, 0.29) is 12.5 Å². The first-order valence-corrected chi connectivity index (χ1v) is 6.61. The lowest BCUT2D eigenvalue weighted by atomic mass is 10.3. The predicted octanol–water partition coefficient (Wildman–Crippen LogP) is 1.41. The summed E-state index contributed by atoms with van der Waals surface area (Å²) in [6.07, 6.45) is 1.78. The van der Waals surface area contributed by atoms with Gasteiger partial charge in [0.05, 0.1) is 11.9 Å². The van der Waals surface area contributed by atoms with Gasteiger partial charge in [-0.05, 0) is 12.1 Å². The Labute approximate surface area is 118 Å². The molecule has 1 aromatic carbocycles. The van der Waals surface area contributed by atoms with Gasteiger partial charge in [-0.2, -0.15) is 0 Å². The number of rotatable bonds is 6. The minimum absolute atomic E-state index is 0.121. The van der Waals surface area contributed by atoms with Crippen LogP contribution in [0.4, 0.5) is 5.69 Å². The maximum atomic E-state index is 11.8. The molecule has 0 fully saturated rings. The molecule has 0 bridgehead atoms. The van der Waals surface area contributed by atoms with Crippen molar-refractivity contribution in [3.63, 3.8) is 0 Å². The summed E-state index contributed by atoms with van der Waals surface area (Å²) in [5, 5.41) is 14.0. The second-order valence-corrected chi connectivity index (χ2v) is 4.86. The number of amides is 1. The molecule has 0 radical (unpaired) electrons. The number of nitrogens with one attached hydrogen (secondary N) is 2. The van der Waals surface area contributed by atoms with E-state index in [0.717, 1.165) is 11.4 Å². The molecule has 1 amide bonds. The van der Waals surface area contributed by atoms with Gasteiger partial charge in [0.1, 0.15) is 6.54 Å². The molecule has 0 aliphatic rings. The van der Waals surface area contributed by atoms with Crippen LogP contribution in [0.15, 0.2) is 36.5 Å². The molecule has 106 valence electrons. The Morgan fingerprint density at radius 1 is 1.30 bits per heavy atom. The molecule has 20 heavy (non-hydrogen) atoms. The van der Waals surface area contributed by atoms with E-state index in [1.165, 1.54) is 4.68 Å². The van der Waals surface area contributed by atoms with Crippen molar-refractivity contribution in [1.82, 2.24) is 20.3 Å². The van der Waals surface area contributed by atoms with Crippen LogP contribution in [0.25, 0.3) is 0 Å². The van der Waals surface area contributed by atoms with Gasteiger partial charge in [0, 0.05) is 18.3 Å². The van der Waals surface area contributed by atoms with Crippen LogP contribution < -0.4 is 10.6 Å². The lowest BCUT2D eigenvalue weighted by molar-refractivity contribution is -0.116. The van der Waals surface area contributed by atoms with E-state index in [0.29, 0.717) is 12.6 Å². The number of aromatic nitrogens is 3. The number of hydrogen-bond donors (Lipinski definition) is 2. The topological polar surface area (TPSA) is 71.8 Å². The number of nitrogens with zero attached hydrogens (tertiary/aromatic N) is 3. The van der Waals surface area contributed by atoms with E-state index in [4.69, 9.17) is 0 Å². The lowest BCUT2D eigenvalue weighted by Gasteiger charge is -2.05. The summed E-state index contributed by atoms with van der Waals surface area (Å²) in [6.45, 7) is 4.94. The van der Waals surface area contributed by atoms with Gasteiger partial charge in [0.25, 0.3) is 0 Å². The van der Waals surface area contributed by atoms with Gasteiger partial charge < -0.3 is 10.6 Å². The van der Waals surface area contributed by atoms with Crippen LogP contribution in [0.5, 0.6) is 0 Å². The molecule has 0 saturated carbocycles. The van der Waals surface area contributed by atoms with Crippen molar-refractivity contribution >= 4 is 11.6 Å². The molecule has 1 aromatic heterocycles. The standard InChI is InChI=1S/C14H19N5O/c1-11(2)15-8-13-9-19(18-17-13)10-14(20)16-12-6-4-3-5-7-12/h3-7,9,11,15H,8,10H2,1-2H3,(H,16,20). The van der Waals surface area contributed by atoms with E-state index in [2.05, 4.69) is 34.8 Å². The number of carbonyl (C=O) groups excluding carboxylic acids is 1. The van der Waals surface area contributed by atoms with Crippen molar-refractivity contribution in [2.45, 2.75) is 33.0 Å². The molecule has 0 atom stereocenters. The first-order valence-electron chi connectivity index (χ1n) is 6.61. The van der Waals surface area contributed by atoms with E-state index in [1.54, 1.807) is 6.20 Å². The third kappa shape index (κ3) is 4.47. The largest absolute Gasteiger partial charge is 0.324 e. The molecule has 0 saturated heterocycles. The zero-order valence-electron chi connectivity index (χ0n) is 11.7. The maximum Gasteiger partial charge on any atom is 0.246 e. The van der Waals surface area contributed by atoms with Gasteiger partial charge >= 0.3 is 0 Å². The molecule has 0 aliphatic carbocycles. The molecule has 1 heterocycles. The van der Waals surface area contributed by atoms with Crippen molar-refractivity contribution in [1.29, 1.82) is 0 Å². The maximum absolute atomic E-state index is 11.8. The smallest absolute Gasteiger partial charge is 0.246 e. The highest BCUT2D eigenvalue weighted by molar-refractivity contribution is 5.90. The fourth-order valence-corrected chi connectivity index (χ4v) is 1.67. The van der Waals surface area contributed by atoms with Gasteiger partial charge in [0.2, 0.25) is 5.91 Å². The Kier molecular flexibility index (Phi) is 4.84. The minimum atomic E-state index is -0.121. The first kappa shape index (κ1) is 14.2. The Hall–Kier alpha value is -2.21. The Morgan fingerprint density at radius 2 is 2.05 bits per heavy atom. The summed E-state index contributed by atoms with van der Waals surface area (Å²) in [5.74, 6) is -0.121.